The zero-order valence-electron chi connectivity index (χ0n) is 9.12. The van der Waals surface area contributed by atoms with E-state index in [9.17, 15) is 5.11 Å². The molecule has 1 rings (SSSR count). The van der Waals surface area contributed by atoms with Gasteiger partial charge in [0.25, 0.3) is 0 Å². The van der Waals surface area contributed by atoms with Crippen LogP contribution in [0.3, 0.4) is 0 Å². The highest BCUT2D eigenvalue weighted by Crippen LogP contribution is 2.17. The second-order valence-corrected chi connectivity index (χ2v) is 3.91. The van der Waals surface area contributed by atoms with E-state index in [1.807, 2.05) is 12.1 Å². The summed E-state index contributed by atoms with van der Waals surface area (Å²) in [6.45, 7) is 6.38. The summed E-state index contributed by atoms with van der Waals surface area (Å²) in [6, 6.07) is 8.59. The molecule has 2 nitrogen and oxygen atoms in total. The van der Waals surface area contributed by atoms with Crippen molar-refractivity contribution < 1.29 is 5.11 Å². The molecule has 0 saturated carbocycles. The van der Waals surface area contributed by atoms with E-state index in [2.05, 4.69) is 38.2 Å². The fourth-order valence-corrected chi connectivity index (χ4v) is 1.62. The molecule has 1 aromatic rings. The van der Waals surface area contributed by atoms with Crippen molar-refractivity contribution in [2.75, 3.05) is 6.61 Å². The normalized spacial score (nSPS) is 13.2. The zero-order chi connectivity index (χ0) is 10.6. The van der Waals surface area contributed by atoms with E-state index < -0.39 is 0 Å². The predicted octanol–water partition coefficient (Wildman–Crippen LogP) is 2.03. The summed E-state index contributed by atoms with van der Waals surface area (Å²) in [5.74, 6) is 0. The Balaban J connectivity index is 2.83. The molecule has 0 radical (unpaired) electrons. The SMILES string of the molecule is Cc1ccccc1C(CO)NC(C)C. The first-order valence-electron chi connectivity index (χ1n) is 5.07. The predicted molar refractivity (Wildman–Crippen MR) is 59.3 cm³/mol. The molecule has 14 heavy (non-hydrogen) atoms. The second-order valence-electron chi connectivity index (χ2n) is 3.91. The van der Waals surface area contributed by atoms with Crippen molar-refractivity contribution in [3.8, 4) is 0 Å². The lowest BCUT2D eigenvalue weighted by Crippen LogP contribution is -2.30. The number of rotatable bonds is 4. The van der Waals surface area contributed by atoms with Crippen LogP contribution in [0.1, 0.15) is 31.0 Å². The highest BCUT2D eigenvalue weighted by atomic mass is 16.3. The minimum absolute atomic E-state index is 0.0520. The number of aryl methyl sites for hydroxylation is 1. The fourth-order valence-electron chi connectivity index (χ4n) is 1.62. The van der Waals surface area contributed by atoms with E-state index in [1.54, 1.807) is 0 Å². The molecule has 0 aliphatic heterocycles. The lowest BCUT2D eigenvalue weighted by molar-refractivity contribution is 0.237. The van der Waals surface area contributed by atoms with Crippen LogP contribution in [0.2, 0.25) is 0 Å². The van der Waals surface area contributed by atoms with E-state index in [0.29, 0.717) is 6.04 Å². The van der Waals surface area contributed by atoms with Gasteiger partial charge in [0.15, 0.2) is 0 Å². The maximum absolute atomic E-state index is 9.29. The largest absolute Gasteiger partial charge is 0.394 e. The highest BCUT2D eigenvalue weighted by Gasteiger charge is 2.12. The average molecular weight is 193 g/mol. The molecular weight excluding hydrogens is 174 g/mol. The summed E-state index contributed by atoms with van der Waals surface area (Å²) in [4.78, 5) is 0. The minimum atomic E-state index is 0.0520. The van der Waals surface area contributed by atoms with Crippen LogP contribution in [0.15, 0.2) is 24.3 Å². The Labute approximate surface area is 86.0 Å². The van der Waals surface area contributed by atoms with Gasteiger partial charge in [-0.25, -0.2) is 0 Å². The first kappa shape index (κ1) is 11.2. The maximum Gasteiger partial charge on any atom is 0.0626 e. The van der Waals surface area contributed by atoms with Gasteiger partial charge in [-0.1, -0.05) is 38.1 Å². The fraction of sp³-hybridized carbons (Fsp3) is 0.500. The number of hydrogen-bond donors (Lipinski definition) is 2. The lowest BCUT2D eigenvalue weighted by atomic mass is 10.0. The van der Waals surface area contributed by atoms with E-state index in [-0.39, 0.29) is 12.6 Å². The van der Waals surface area contributed by atoms with Crippen molar-refractivity contribution >= 4 is 0 Å². The summed E-state index contributed by atoms with van der Waals surface area (Å²) in [7, 11) is 0. The smallest absolute Gasteiger partial charge is 0.0626 e. The lowest BCUT2D eigenvalue weighted by Gasteiger charge is -2.21. The van der Waals surface area contributed by atoms with Crippen LogP contribution in [0.4, 0.5) is 0 Å². The van der Waals surface area contributed by atoms with Crippen LogP contribution < -0.4 is 5.32 Å². The summed E-state index contributed by atoms with van der Waals surface area (Å²) < 4.78 is 0. The molecular formula is C12H19NO. The van der Waals surface area contributed by atoms with Crippen LogP contribution >= 0.6 is 0 Å². The van der Waals surface area contributed by atoms with Crippen molar-refractivity contribution in [1.29, 1.82) is 0 Å². The molecule has 0 heterocycles. The Hall–Kier alpha value is -0.860. The third-order valence-corrected chi connectivity index (χ3v) is 2.28. The first-order valence-corrected chi connectivity index (χ1v) is 5.07. The van der Waals surface area contributed by atoms with E-state index in [4.69, 9.17) is 0 Å². The van der Waals surface area contributed by atoms with Crippen molar-refractivity contribution in [1.82, 2.24) is 5.32 Å². The van der Waals surface area contributed by atoms with Gasteiger partial charge in [0.1, 0.15) is 0 Å². The van der Waals surface area contributed by atoms with Gasteiger partial charge in [0.2, 0.25) is 0 Å². The van der Waals surface area contributed by atoms with Gasteiger partial charge in [0.05, 0.1) is 12.6 Å². The van der Waals surface area contributed by atoms with Crippen LogP contribution in [0.25, 0.3) is 0 Å². The Morgan fingerprint density at radius 3 is 2.43 bits per heavy atom. The number of benzene rings is 1. The molecule has 78 valence electrons. The number of aliphatic hydroxyl groups is 1. The molecule has 0 aliphatic carbocycles. The summed E-state index contributed by atoms with van der Waals surface area (Å²) in [6.07, 6.45) is 0. The summed E-state index contributed by atoms with van der Waals surface area (Å²) in [5.41, 5.74) is 2.41. The molecule has 0 spiro atoms. The van der Waals surface area contributed by atoms with Gasteiger partial charge < -0.3 is 10.4 Å². The number of nitrogens with one attached hydrogen (secondary N) is 1. The molecule has 0 amide bonds. The number of aliphatic hydroxyl groups excluding tert-OH is 1. The van der Waals surface area contributed by atoms with Crippen molar-refractivity contribution in [2.45, 2.75) is 32.9 Å². The average Bonchev–Trinajstić information content (AvgIpc) is 2.15. The minimum Gasteiger partial charge on any atom is -0.394 e. The third-order valence-electron chi connectivity index (χ3n) is 2.28. The van der Waals surface area contributed by atoms with Crippen LogP contribution in [-0.4, -0.2) is 17.8 Å². The van der Waals surface area contributed by atoms with Crippen LogP contribution in [0, 0.1) is 6.92 Å². The van der Waals surface area contributed by atoms with Crippen molar-refractivity contribution in [3.63, 3.8) is 0 Å². The van der Waals surface area contributed by atoms with Gasteiger partial charge in [-0.15, -0.1) is 0 Å². The third kappa shape index (κ3) is 2.82. The molecule has 1 aromatic carbocycles. The highest BCUT2D eigenvalue weighted by molar-refractivity contribution is 5.28. The number of hydrogen-bond acceptors (Lipinski definition) is 2. The van der Waals surface area contributed by atoms with Gasteiger partial charge in [-0.2, -0.15) is 0 Å². The molecule has 1 unspecified atom stereocenters. The van der Waals surface area contributed by atoms with Crippen molar-refractivity contribution in [3.05, 3.63) is 35.4 Å². The van der Waals surface area contributed by atoms with Gasteiger partial charge in [-0.3, -0.25) is 0 Å². The van der Waals surface area contributed by atoms with Gasteiger partial charge >= 0.3 is 0 Å². The standard InChI is InChI=1S/C12H19NO/c1-9(2)13-12(8-14)11-7-5-4-6-10(11)3/h4-7,9,12-14H,8H2,1-3H3. The molecule has 0 aliphatic rings. The van der Waals surface area contributed by atoms with Gasteiger partial charge in [0, 0.05) is 6.04 Å². The molecule has 2 N–H and O–H groups in total. The molecule has 2 heteroatoms. The monoisotopic (exact) mass is 193 g/mol. The van der Waals surface area contributed by atoms with E-state index in [0.717, 1.165) is 0 Å². The summed E-state index contributed by atoms with van der Waals surface area (Å²) >= 11 is 0. The topological polar surface area (TPSA) is 32.3 Å². The Bertz CT molecular complexity index is 283. The van der Waals surface area contributed by atoms with E-state index in [1.165, 1.54) is 11.1 Å². The first-order chi connectivity index (χ1) is 6.65. The van der Waals surface area contributed by atoms with Crippen molar-refractivity contribution in [2.24, 2.45) is 0 Å². The zero-order valence-corrected chi connectivity index (χ0v) is 9.12. The Kier molecular flexibility index (Phi) is 4.11. The molecule has 0 bridgehead atoms. The second kappa shape index (κ2) is 5.13. The van der Waals surface area contributed by atoms with Crippen LogP contribution in [-0.2, 0) is 0 Å². The van der Waals surface area contributed by atoms with E-state index >= 15 is 0 Å². The maximum atomic E-state index is 9.29. The Morgan fingerprint density at radius 1 is 1.29 bits per heavy atom. The molecule has 0 fully saturated rings. The Morgan fingerprint density at radius 2 is 1.93 bits per heavy atom. The molecule has 1 atom stereocenters. The quantitative estimate of drug-likeness (QED) is 0.767. The summed E-state index contributed by atoms with van der Waals surface area (Å²) in [5, 5.41) is 12.6. The molecule has 0 aromatic heterocycles. The molecule has 0 saturated heterocycles. The van der Waals surface area contributed by atoms with Gasteiger partial charge in [-0.05, 0) is 18.1 Å². The van der Waals surface area contributed by atoms with Crippen LogP contribution in [0.5, 0.6) is 0 Å².